The van der Waals surface area contributed by atoms with Crippen LogP contribution in [0.25, 0.3) is 0 Å². The molecule has 112 valence electrons. The maximum absolute atomic E-state index is 6.04. The number of aliphatic imine (C=N–C) groups is 1. The smallest absolute Gasteiger partial charge is 0.0953 e. The number of likely N-dealkylation sites (N-methyl/N-ethyl adjacent to an activating group) is 2. The van der Waals surface area contributed by atoms with E-state index in [1.165, 1.54) is 0 Å². The number of likely N-dealkylation sites (tertiary alicyclic amines) is 1. The number of rotatable bonds is 7. The minimum Gasteiger partial charge on any atom is -0.387 e. The highest BCUT2D eigenvalue weighted by Gasteiger charge is 2.15. The van der Waals surface area contributed by atoms with Crippen molar-refractivity contribution in [2.24, 2.45) is 10.7 Å². The number of hydrogen-bond donors (Lipinski definition) is 1. The molecule has 2 N–H and O–H groups in total. The SMILES string of the molecule is CN(C)CCN(C)CCC(N)=NC1CCN(C)CC1. The molecule has 1 saturated heterocycles. The molecule has 19 heavy (non-hydrogen) atoms. The minimum atomic E-state index is 0.447. The standard InChI is InChI=1S/C14H31N5/c1-17(2)11-12-19(4)10-7-14(15)16-13-5-8-18(3)9-6-13/h13H,5-12H2,1-4H3,(H2,15,16). The van der Waals surface area contributed by atoms with Gasteiger partial charge in [-0.3, -0.25) is 4.99 Å². The largest absolute Gasteiger partial charge is 0.387 e. The molecule has 0 unspecified atom stereocenters. The Balaban J connectivity index is 2.20. The van der Waals surface area contributed by atoms with Gasteiger partial charge in [-0.1, -0.05) is 0 Å². The highest BCUT2D eigenvalue weighted by Crippen LogP contribution is 2.12. The van der Waals surface area contributed by atoms with Crippen LogP contribution in [0.5, 0.6) is 0 Å². The van der Waals surface area contributed by atoms with Gasteiger partial charge in [-0.2, -0.15) is 0 Å². The van der Waals surface area contributed by atoms with Crippen LogP contribution < -0.4 is 5.73 Å². The quantitative estimate of drug-likeness (QED) is 0.534. The fourth-order valence-electron chi connectivity index (χ4n) is 2.21. The Bertz CT molecular complexity index is 269. The lowest BCUT2D eigenvalue weighted by Gasteiger charge is -2.27. The van der Waals surface area contributed by atoms with Crippen LogP contribution in [0.3, 0.4) is 0 Å². The Morgan fingerprint density at radius 2 is 1.79 bits per heavy atom. The third-order valence-corrected chi connectivity index (χ3v) is 3.72. The lowest BCUT2D eigenvalue weighted by atomic mass is 10.1. The maximum Gasteiger partial charge on any atom is 0.0953 e. The highest BCUT2D eigenvalue weighted by atomic mass is 15.1. The van der Waals surface area contributed by atoms with E-state index >= 15 is 0 Å². The van der Waals surface area contributed by atoms with Crippen LogP contribution in [0.2, 0.25) is 0 Å². The van der Waals surface area contributed by atoms with Gasteiger partial charge in [0.1, 0.15) is 0 Å². The van der Waals surface area contributed by atoms with Crippen LogP contribution in [0.1, 0.15) is 19.3 Å². The minimum absolute atomic E-state index is 0.447. The molecule has 0 aromatic carbocycles. The van der Waals surface area contributed by atoms with Gasteiger partial charge in [0.2, 0.25) is 0 Å². The van der Waals surface area contributed by atoms with Crippen LogP contribution in [-0.4, -0.2) is 87.5 Å². The summed E-state index contributed by atoms with van der Waals surface area (Å²) >= 11 is 0. The van der Waals surface area contributed by atoms with Crippen molar-refractivity contribution >= 4 is 5.84 Å². The second-order valence-corrected chi connectivity index (χ2v) is 6.01. The number of amidine groups is 1. The van der Waals surface area contributed by atoms with Crippen molar-refractivity contribution in [1.82, 2.24) is 14.7 Å². The van der Waals surface area contributed by atoms with Crippen molar-refractivity contribution in [1.29, 1.82) is 0 Å². The molecule has 0 spiro atoms. The molecule has 0 bridgehead atoms. The molecule has 0 aliphatic carbocycles. The van der Waals surface area contributed by atoms with Gasteiger partial charge >= 0.3 is 0 Å². The summed E-state index contributed by atoms with van der Waals surface area (Å²) in [7, 11) is 8.52. The molecule has 0 amide bonds. The summed E-state index contributed by atoms with van der Waals surface area (Å²) in [6, 6.07) is 0.447. The van der Waals surface area contributed by atoms with Crippen LogP contribution in [0, 0.1) is 0 Å². The van der Waals surface area contributed by atoms with Gasteiger partial charge in [-0.25, -0.2) is 0 Å². The predicted molar refractivity (Wildman–Crippen MR) is 82.8 cm³/mol. The molecule has 0 aromatic rings. The lowest BCUT2D eigenvalue weighted by Crippen LogP contribution is -2.34. The first-order chi connectivity index (χ1) is 8.97. The maximum atomic E-state index is 6.04. The zero-order valence-electron chi connectivity index (χ0n) is 13.1. The first kappa shape index (κ1) is 16.4. The monoisotopic (exact) mass is 269 g/mol. The van der Waals surface area contributed by atoms with Gasteiger partial charge in [0.25, 0.3) is 0 Å². The van der Waals surface area contributed by atoms with E-state index in [-0.39, 0.29) is 0 Å². The van der Waals surface area contributed by atoms with Crippen molar-refractivity contribution in [2.75, 3.05) is 60.9 Å². The summed E-state index contributed by atoms with van der Waals surface area (Å²) < 4.78 is 0. The van der Waals surface area contributed by atoms with Crippen LogP contribution in [0.4, 0.5) is 0 Å². The second-order valence-electron chi connectivity index (χ2n) is 6.01. The summed E-state index contributed by atoms with van der Waals surface area (Å²) in [5.41, 5.74) is 6.04. The van der Waals surface area contributed by atoms with Crippen molar-refractivity contribution in [3.63, 3.8) is 0 Å². The van der Waals surface area contributed by atoms with Crippen LogP contribution >= 0.6 is 0 Å². The molecule has 5 heteroatoms. The zero-order valence-corrected chi connectivity index (χ0v) is 13.1. The third-order valence-electron chi connectivity index (χ3n) is 3.72. The number of nitrogens with zero attached hydrogens (tertiary/aromatic N) is 4. The molecule has 0 aromatic heterocycles. The van der Waals surface area contributed by atoms with Gasteiger partial charge in [-0.15, -0.1) is 0 Å². The first-order valence-corrected chi connectivity index (χ1v) is 7.31. The second kappa shape index (κ2) is 8.51. The predicted octanol–water partition coefficient (Wildman–Crippen LogP) is 0.321. The Morgan fingerprint density at radius 3 is 2.37 bits per heavy atom. The zero-order chi connectivity index (χ0) is 14.3. The van der Waals surface area contributed by atoms with E-state index in [1.54, 1.807) is 0 Å². The summed E-state index contributed by atoms with van der Waals surface area (Å²) in [6.45, 7) is 5.45. The van der Waals surface area contributed by atoms with Crippen LogP contribution in [-0.2, 0) is 0 Å². The molecular weight excluding hydrogens is 238 g/mol. The van der Waals surface area contributed by atoms with Gasteiger partial charge in [0.15, 0.2) is 0 Å². The van der Waals surface area contributed by atoms with E-state index in [9.17, 15) is 0 Å². The van der Waals surface area contributed by atoms with E-state index in [2.05, 4.69) is 47.9 Å². The van der Waals surface area contributed by atoms with Crippen molar-refractivity contribution in [3.05, 3.63) is 0 Å². The molecule has 5 nitrogen and oxygen atoms in total. The third kappa shape index (κ3) is 7.50. The highest BCUT2D eigenvalue weighted by molar-refractivity contribution is 5.80. The van der Waals surface area contributed by atoms with E-state index < -0.39 is 0 Å². The van der Waals surface area contributed by atoms with E-state index in [0.29, 0.717) is 6.04 Å². The number of piperidine rings is 1. The van der Waals surface area contributed by atoms with Crippen molar-refractivity contribution in [3.8, 4) is 0 Å². The lowest BCUT2D eigenvalue weighted by molar-refractivity contribution is 0.256. The molecule has 1 aliphatic rings. The van der Waals surface area contributed by atoms with E-state index in [4.69, 9.17) is 5.73 Å². The fraction of sp³-hybridized carbons (Fsp3) is 0.929. The molecular formula is C14H31N5. The van der Waals surface area contributed by atoms with Crippen molar-refractivity contribution in [2.45, 2.75) is 25.3 Å². The molecule has 1 aliphatic heterocycles. The van der Waals surface area contributed by atoms with E-state index in [1.807, 2.05) is 0 Å². The summed E-state index contributed by atoms with van der Waals surface area (Å²) in [6.07, 6.45) is 3.18. The first-order valence-electron chi connectivity index (χ1n) is 7.31. The Kier molecular flexibility index (Phi) is 7.34. The Morgan fingerprint density at radius 1 is 1.16 bits per heavy atom. The van der Waals surface area contributed by atoms with E-state index in [0.717, 1.165) is 57.8 Å². The van der Waals surface area contributed by atoms with Gasteiger partial charge in [-0.05, 0) is 54.1 Å². The fourth-order valence-corrected chi connectivity index (χ4v) is 2.21. The molecule has 1 heterocycles. The normalized spacial score (nSPS) is 19.6. The van der Waals surface area contributed by atoms with Crippen LogP contribution in [0.15, 0.2) is 4.99 Å². The van der Waals surface area contributed by atoms with Gasteiger partial charge < -0.3 is 20.4 Å². The Labute approximate surface area is 118 Å². The average Bonchev–Trinajstić information content (AvgIpc) is 2.36. The molecule has 0 atom stereocenters. The molecule has 0 radical (unpaired) electrons. The average molecular weight is 269 g/mol. The molecule has 1 fully saturated rings. The topological polar surface area (TPSA) is 48.1 Å². The summed E-state index contributed by atoms with van der Waals surface area (Å²) in [5.74, 6) is 0.825. The van der Waals surface area contributed by atoms with Crippen molar-refractivity contribution < 1.29 is 0 Å². The van der Waals surface area contributed by atoms with Gasteiger partial charge in [0.05, 0.1) is 11.9 Å². The number of nitrogens with two attached hydrogens (primary N) is 1. The summed E-state index contributed by atoms with van der Waals surface area (Å²) in [4.78, 5) is 11.5. The Hall–Kier alpha value is -0.650. The molecule has 1 rings (SSSR count). The molecule has 0 saturated carbocycles. The van der Waals surface area contributed by atoms with Gasteiger partial charge in [0, 0.05) is 26.1 Å². The summed E-state index contributed by atoms with van der Waals surface area (Å²) in [5, 5.41) is 0. The number of hydrogen-bond acceptors (Lipinski definition) is 4.